The van der Waals surface area contributed by atoms with Crippen molar-refractivity contribution in [3.8, 4) is 0 Å². The first-order valence-corrected chi connectivity index (χ1v) is 10.5. The molecule has 8 nitrogen and oxygen atoms in total. The number of rotatable bonds is 5. The first kappa shape index (κ1) is 21.8. The summed E-state index contributed by atoms with van der Waals surface area (Å²) in [5, 5.41) is 5.52. The molecule has 168 valence electrons. The van der Waals surface area contributed by atoms with Crippen molar-refractivity contribution in [1.82, 2.24) is 15.2 Å². The van der Waals surface area contributed by atoms with Gasteiger partial charge in [-0.25, -0.2) is 4.39 Å². The number of benzene rings is 1. The normalized spacial score (nSPS) is 16.8. The fraction of sp³-hybridized carbons (Fsp3) is 0.348. The minimum absolute atomic E-state index is 0.0142. The molecule has 4 rings (SSSR count). The molecular weight excluding hydrogens is 415 g/mol. The average Bonchev–Trinajstić information content (AvgIpc) is 3.23. The van der Waals surface area contributed by atoms with Crippen molar-refractivity contribution in [3.63, 3.8) is 0 Å². The third-order valence-electron chi connectivity index (χ3n) is 5.74. The Labute approximate surface area is 184 Å². The van der Waals surface area contributed by atoms with Gasteiger partial charge in [-0.2, -0.15) is 0 Å². The van der Waals surface area contributed by atoms with E-state index in [9.17, 15) is 18.8 Å². The third-order valence-corrected chi connectivity index (χ3v) is 5.74. The molecule has 0 aliphatic carbocycles. The van der Waals surface area contributed by atoms with Crippen LogP contribution in [0.4, 0.5) is 10.1 Å². The van der Waals surface area contributed by atoms with E-state index >= 15 is 0 Å². The fourth-order valence-corrected chi connectivity index (χ4v) is 4.05. The van der Waals surface area contributed by atoms with E-state index in [4.69, 9.17) is 4.74 Å². The van der Waals surface area contributed by atoms with Gasteiger partial charge in [0.1, 0.15) is 5.82 Å². The summed E-state index contributed by atoms with van der Waals surface area (Å²) in [5.74, 6) is -1.07. The maximum absolute atomic E-state index is 13.7. The lowest BCUT2D eigenvalue weighted by Gasteiger charge is -2.26. The molecular formula is C23H25FN4O4. The Morgan fingerprint density at radius 3 is 2.75 bits per heavy atom. The second-order valence-corrected chi connectivity index (χ2v) is 7.86. The van der Waals surface area contributed by atoms with Crippen molar-refractivity contribution in [1.29, 1.82) is 0 Å². The van der Waals surface area contributed by atoms with Gasteiger partial charge in [0.2, 0.25) is 5.91 Å². The number of aromatic amines is 1. The molecule has 2 aliphatic rings. The number of aromatic nitrogens is 1. The van der Waals surface area contributed by atoms with Crippen LogP contribution in [0, 0.1) is 19.7 Å². The van der Waals surface area contributed by atoms with Gasteiger partial charge in [-0.1, -0.05) is 0 Å². The minimum Gasteiger partial charge on any atom is -0.378 e. The first-order chi connectivity index (χ1) is 15.3. The summed E-state index contributed by atoms with van der Waals surface area (Å²) in [4.78, 5) is 42.3. The van der Waals surface area contributed by atoms with E-state index in [2.05, 4.69) is 15.6 Å². The molecule has 2 aliphatic heterocycles. The van der Waals surface area contributed by atoms with E-state index in [1.807, 2.05) is 0 Å². The van der Waals surface area contributed by atoms with Gasteiger partial charge in [-0.15, -0.1) is 0 Å². The molecule has 2 aromatic rings. The van der Waals surface area contributed by atoms with Gasteiger partial charge in [-0.05, 0) is 43.7 Å². The average molecular weight is 440 g/mol. The molecule has 3 heterocycles. The van der Waals surface area contributed by atoms with Crippen LogP contribution in [0.3, 0.4) is 0 Å². The van der Waals surface area contributed by atoms with E-state index in [1.54, 1.807) is 24.8 Å². The van der Waals surface area contributed by atoms with E-state index in [-0.39, 0.29) is 30.7 Å². The number of aryl methyl sites for hydroxylation is 1. The summed E-state index contributed by atoms with van der Waals surface area (Å²) in [5.41, 5.74) is 3.73. The van der Waals surface area contributed by atoms with Crippen molar-refractivity contribution < 1.29 is 23.5 Å². The lowest BCUT2D eigenvalue weighted by Crippen LogP contribution is -2.42. The van der Waals surface area contributed by atoms with Crippen LogP contribution in [0.15, 0.2) is 18.2 Å². The Kier molecular flexibility index (Phi) is 6.09. The highest BCUT2D eigenvalue weighted by atomic mass is 19.1. The Morgan fingerprint density at radius 2 is 2.00 bits per heavy atom. The number of hydrogen-bond donors (Lipinski definition) is 3. The second kappa shape index (κ2) is 8.96. The number of carbonyl (C=O) groups excluding carboxylic acids is 3. The molecule has 0 atom stereocenters. The predicted molar refractivity (Wildman–Crippen MR) is 118 cm³/mol. The number of amides is 3. The molecule has 3 N–H and O–H groups in total. The van der Waals surface area contributed by atoms with E-state index in [0.29, 0.717) is 65.6 Å². The number of halogens is 1. The molecule has 1 fully saturated rings. The highest BCUT2D eigenvalue weighted by molar-refractivity contribution is 6.34. The number of ether oxygens (including phenoxy) is 1. The molecule has 0 bridgehead atoms. The van der Waals surface area contributed by atoms with Crippen LogP contribution in [0.1, 0.15) is 39.3 Å². The summed E-state index contributed by atoms with van der Waals surface area (Å²) < 4.78 is 18.9. The van der Waals surface area contributed by atoms with Crippen molar-refractivity contribution in [2.75, 3.05) is 38.2 Å². The molecule has 9 heteroatoms. The lowest BCUT2D eigenvalue weighted by molar-refractivity contribution is -0.135. The van der Waals surface area contributed by atoms with Crippen LogP contribution in [-0.4, -0.2) is 60.5 Å². The van der Waals surface area contributed by atoms with Gasteiger partial charge < -0.3 is 25.3 Å². The molecule has 1 saturated heterocycles. The molecule has 0 spiro atoms. The van der Waals surface area contributed by atoms with Crippen LogP contribution in [0.5, 0.6) is 0 Å². The Morgan fingerprint density at radius 1 is 1.25 bits per heavy atom. The number of carbonyl (C=O) groups is 3. The topological polar surface area (TPSA) is 104 Å². The molecule has 0 unspecified atom stereocenters. The van der Waals surface area contributed by atoms with Crippen LogP contribution in [-0.2, 0) is 14.3 Å². The number of fused-ring (bicyclic) bond motifs is 1. The monoisotopic (exact) mass is 440 g/mol. The van der Waals surface area contributed by atoms with Gasteiger partial charge in [-0.3, -0.25) is 14.4 Å². The number of anilines is 1. The number of nitrogens with one attached hydrogen (secondary N) is 3. The Hall–Kier alpha value is -3.46. The molecule has 0 radical (unpaired) electrons. The number of H-pyrrole nitrogens is 1. The zero-order chi connectivity index (χ0) is 22.8. The third kappa shape index (κ3) is 4.29. The summed E-state index contributed by atoms with van der Waals surface area (Å²) in [7, 11) is 0. The maximum Gasteiger partial charge on any atom is 0.256 e. The molecule has 1 aromatic carbocycles. The van der Waals surface area contributed by atoms with Gasteiger partial charge in [0, 0.05) is 48.7 Å². The van der Waals surface area contributed by atoms with Crippen molar-refractivity contribution in [2.24, 2.45) is 0 Å². The lowest BCUT2D eigenvalue weighted by atomic mass is 10.0. The van der Waals surface area contributed by atoms with Crippen LogP contribution >= 0.6 is 0 Å². The van der Waals surface area contributed by atoms with E-state index in [1.165, 1.54) is 18.2 Å². The van der Waals surface area contributed by atoms with Crippen LogP contribution in [0.25, 0.3) is 11.6 Å². The second-order valence-electron chi connectivity index (χ2n) is 7.86. The molecule has 0 saturated carbocycles. The van der Waals surface area contributed by atoms with Crippen LogP contribution in [0.2, 0.25) is 0 Å². The number of morpholine rings is 1. The van der Waals surface area contributed by atoms with Crippen molar-refractivity contribution in [3.05, 3.63) is 52.1 Å². The highest BCUT2D eigenvalue weighted by Crippen LogP contribution is 2.34. The summed E-state index contributed by atoms with van der Waals surface area (Å²) in [6.07, 6.45) is 1.84. The zero-order valence-electron chi connectivity index (χ0n) is 18.0. The van der Waals surface area contributed by atoms with E-state index in [0.717, 1.165) is 0 Å². The Bertz CT molecular complexity index is 1120. The maximum atomic E-state index is 13.7. The predicted octanol–water partition coefficient (Wildman–Crippen LogP) is 2.24. The van der Waals surface area contributed by atoms with Gasteiger partial charge in [0.25, 0.3) is 11.8 Å². The SMILES string of the molecule is Cc1[nH]c(/C=C2\C(=O)Nc3ccc(F)cc32)c(C)c1C(=O)NCCC(=O)N1CCOCC1. The number of nitrogens with zero attached hydrogens (tertiary/aromatic N) is 1. The fourth-order valence-electron chi connectivity index (χ4n) is 4.05. The first-order valence-electron chi connectivity index (χ1n) is 10.5. The van der Waals surface area contributed by atoms with Gasteiger partial charge >= 0.3 is 0 Å². The van der Waals surface area contributed by atoms with Gasteiger partial charge in [0.05, 0.1) is 24.4 Å². The quantitative estimate of drug-likeness (QED) is 0.621. The molecule has 32 heavy (non-hydrogen) atoms. The van der Waals surface area contributed by atoms with Gasteiger partial charge in [0.15, 0.2) is 0 Å². The Balaban J connectivity index is 1.47. The summed E-state index contributed by atoms with van der Waals surface area (Å²) >= 11 is 0. The van der Waals surface area contributed by atoms with Crippen molar-refractivity contribution >= 4 is 35.1 Å². The van der Waals surface area contributed by atoms with Crippen molar-refractivity contribution in [2.45, 2.75) is 20.3 Å². The standard InChI is InChI=1S/C23H25FN4O4/c1-13-19(12-17-16-11-15(24)3-4-18(16)27-22(17)30)26-14(2)21(13)23(31)25-6-5-20(29)28-7-9-32-10-8-28/h3-4,11-12,26H,5-10H2,1-2H3,(H,25,31)(H,27,30)/b17-12-. The smallest absolute Gasteiger partial charge is 0.256 e. The minimum atomic E-state index is -0.433. The molecule has 1 aromatic heterocycles. The zero-order valence-corrected chi connectivity index (χ0v) is 18.0. The van der Waals surface area contributed by atoms with Crippen LogP contribution < -0.4 is 10.6 Å². The largest absolute Gasteiger partial charge is 0.378 e. The highest BCUT2D eigenvalue weighted by Gasteiger charge is 2.26. The summed E-state index contributed by atoms with van der Waals surface area (Å²) in [6.45, 7) is 5.99. The number of hydrogen-bond acceptors (Lipinski definition) is 4. The summed E-state index contributed by atoms with van der Waals surface area (Å²) in [6, 6.07) is 4.12. The van der Waals surface area contributed by atoms with E-state index < -0.39 is 5.82 Å². The molecule has 3 amide bonds.